The molecule has 5 heterocycles. The number of nitrogens with zero attached hydrogens (tertiary/aromatic N) is 3. The Kier molecular flexibility index (Phi) is 3.22. The van der Waals surface area contributed by atoms with E-state index in [1.807, 2.05) is 30.1 Å². The van der Waals surface area contributed by atoms with Crippen molar-refractivity contribution in [3.8, 4) is 0 Å². The fraction of sp³-hybridized carbons (Fsp3) is 0.636. The number of fused-ring (bicyclic) bond motifs is 1. The van der Waals surface area contributed by atoms with Crippen LogP contribution < -0.4 is 4.90 Å². The van der Waals surface area contributed by atoms with Crippen LogP contribution in [0.25, 0.3) is 0 Å². The molecular weight excluding hydrogens is 338 g/mol. The average Bonchev–Trinajstić information content (AvgIpc) is 2.84. The summed E-state index contributed by atoms with van der Waals surface area (Å²) < 4.78 is 0. The van der Waals surface area contributed by atoms with Crippen LogP contribution in [0.4, 0.5) is 5.69 Å². The second-order valence-corrected chi connectivity index (χ2v) is 9.72. The molecule has 144 valence electrons. The number of anilines is 1. The molecule has 0 radical (unpaired) electrons. The predicted molar refractivity (Wildman–Crippen MR) is 104 cm³/mol. The van der Waals surface area contributed by atoms with Crippen LogP contribution in [0.5, 0.6) is 0 Å². The third-order valence-corrected chi connectivity index (χ3v) is 8.17. The summed E-state index contributed by atoms with van der Waals surface area (Å²) in [4.78, 5) is 33.9. The van der Waals surface area contributed by atoms with Crippen LogP contribution in [0.3, 0.4) is 0 Å². The Balaban J connectivity index is 1.74. The maximum atomic E-state index is 13.7. The molecule has 1 aromatic carbocycles. The summed E-state index contributed by atoms with van der Waals surface area (Å²) in [5.41, 5.74) is 0.605. The Morgan fingerprint density at radius 2 is 1.33 bits per heavy atom. The SMILES string of the molecule is CC(C)C12CN3CC(C(C)C)(CN(C1)C31C(=O)N(C)c3ccccc31)C2=O. The van der Waals surface area contributed by atoms with Gasteiger partial charge in [-0.1, -0.05) is 45.9 Å². The standard InChI is InChI=1S/C22H29N3O2/c1-14(2)20-10-24-12-21(15(3)4,18(20)26)13-25(11-20)22(24)16-8-6-7-9-17(16)23(5)19(22)27/h6-9,14-15H,10-13H2,1-5H3. The van der Waals surface area contributed by atoms with Crippen molar-refractivity contribution in [2.75, 3.05) is 38.1 Å². The van der Waals surface area contributed by atoms with Crippen LogP contribution in [0.2, 0.25) is 0 Å². The van der Waals surface area contributed by atoms with E-state index in [9.17, 15) is 9.59 Å². The molecule has 4 saturated heterocycles. The first kappa shape index (κ1) is 17.4. The van der Waals surface area contributed by atoms with Gasteiger partial charge in [0.05, 0.1) is 16.5 Å². The van der Waals surface area contributed by atoms with Gasteiger partial charge in [0.2, 0.25) is 0 Å². The highest BCUT2D eigenvalue weighted by Crippen LogP contribution is 2.61. The lowest BCUT2D eigenvalue weighted by Crippen LogP contribution is -2.85. The van der Waals surface area contributed by atoms with Gasteiger partial charge in [0.15, 0.2) is 11.4 Å². The molecule has 0 atom stereocenters. The first-order valence-corrected chi connectivity index (χ1v) is 10.1. The number of ketones is 1. The molecule has 5 aliphatic rings. The van der Waals surface area contributed by atoms with Gasteiger partial charge in [0.25, 0.3) is 5.91 Å². The third kappa shape index (κ3) is 1.66. The lowest BCUT2D eigenvalue weighted by atomic mass is 9.52. The van der Waals surface area contributed by atoms with Crippen LogP contribution in [0.15, 0.2) is 24.3 Å². The van der Waals surface area contributed by atoms with Gasteiger partial charge in [-0.15, -0.1) is 0 Å². The van der Waals surface area contributed by atoms with E-state index >= 15 is 0 Å². The zero-order valence-electron chi connectivity index (χ0n) is 17.0. The van der Waals surface area contributed by atoms with Gasteiger partial charge in [0.1, 0.15) is 0 Å². The smallest absolute Gasteiger partial charge is 0.267 e. The molecule has 1 aromatic rings. The van der Waals surface area contributed by atoms with E-state index in [0.29, 0.717) is 32.0 Å². The highest BCUT2D eigenvalue weighted by Gasteiger charge is 2.74. The fourth-order valence-electron chi connectivity index (χ4n) is 6.40. The number of hydrogen-bond donors (Lipinski definition) is 0. The zero-order valence-corrected chi connectivity index (χ0v) is 17.0. The Morgan fingerprint density at radius 3 is 1.81 bits per heavy atom. The molecule has 0 aromatic heterocycles. The summed E-state index contributed by atoms with van der Waals surface area (Å²) in [5.74, 6) is 1.09. The molecule has 0 saturated carbocycles. The van der Waals surface area contributed by atoms with Crippen molar-refractivity contribution >= 4 is 17.4 Å². The van der Waals surface area contributed by atoms with E-state index in [4.69, 9.17) is 0 Å². The van der Waals surface area contributed by atoms with Crippen molar-refractivity contribution in [3.63, 3.8) is 0 Å². The Morgan fingerprint density at radius 1 is 0.852 bits per heavy atom. The van der Waals surface area contributed by atoms with E-state index in [0.717, 1.165) is 11.3 Å². The lowest BCUT2D eigenvalue weighted by molar-refractivity contribution is -0.245. The van der Waals surface area contributed by atoms with E-state index in [-0.39, 0.29) is 28.6 Å². The number of para-hydroxylation sites is 1. The summed E-state index contributed by atoms with van der Waals surface area (Å²) in [5, 5.41) is 0. The van der Waals surface area contributed by atoms with Crippen molar-refractivity contribution in [2.45, 2.75) is 33.4 Å². The second-order valence-electron chi connectivity index (χ2n) is 9.72. The minimum absolute atomic E-state index is 0.132. The molecule has 6 rings (SSSR count). The first-order chi connectivity index (χ1) is 12.7. The molecule has 1 spiro atoms. The number of rotatable bonds is 2. The van der Waals surface area contributed by atoms with E-state index in [2.05, 4.69) is 43.6 Å². The number of likely N-dealkylation sites (N-methyl/N-ethyl adjacent to an activating group) is 1. The maximum Gasteiger partial charge on any atom is 0.267 e. The van der Waals surface area contributed by atoms with Gasteiger partial charge in [0, 0.05) is 38.8 Å². The summed E-state index contributed by atoms with van der Waals surface area (Å²) >= 11 is 0. The van der Waals surface area contributed by atoms with Crippen molar-refractivity contribution in [1.82, 2.24) is 9.80 Å². The number of hydrogen-bond acceptors (Lipinski definition) is 4. The number of carbonyl (C=O) groups excluding carboxylic acids is 2. The molecule has 0 unspecified atom stereocenters. The van der Waals surface area contributed by atoms with Crippen molar-refractivity contribution < 1.29 is 9.59 Å². The van der Waals surface area contributed by atoms with Crippen molar-refractivity contribution in [1.29, 1.82) is 0 Å². The molecule has 4 fully saturated rings. The summed E-state index contributed by atoms with van der Waals surface area (Å²) in [6.45, 7) is 11.4. The molecular formula is C22H29N3O2. The lowest BCUT2D eigenvalue weighted by Gasteiger charge is -2.71. The van der Waals surface area contributed by atoms with Crippen LogP contribution in [-0.4, -0.2) is 54.7 Å². The zero-order chi connectivity index (χ0) is 19.4. The van der Waals surface area contributed by atoms with Gasteiger partial charge in [-0.25, -0.2) is 0 Å². The van der Waals surface area contributed by atoms with Crippen LogP contribution in [0.1, 0.15) is 33.3 Å². The largest absolute Gasteiger partial charge is 0.312 e. The third-order valence-electron chi connectivity index (χ3n) is 8.17. The van der Waals surface area contributed by atoms with Gasteiger partial charge in [-0.3, -0.25) is 19.4 Å². The average molecular weight is 367 g/mol. The van der Waals surface area contributed by atoms with E-state index in [1.54, 1.807) is 0 Å². The van der Waals surface area contributed by atoms with Crippen molar-refractivity contribution in [2.24, 2.45) is 22.7 Å². The van der Waals surface area contributed by atoms with Gasteiger partial charge >= 0.3 is 0 Å². The quantitative estimate of drug-likeness (QED) is 0.805. The topological polar surface area (TPSA) is 43.9 Å². The normalized spacial score (nSPS) is 42.1. The van der Waals surface area contributed by atoms with Gasteiger partial charge in [-0.2, -0.15) is 0 Å². The molecule has 27 heavy (non-hydrogen) atoms. The Bertz CT molecular complexity index is 813. The van der Waals surface area contributed by atoms with Gasteiger partial charge in [-0.05, 0) is 17.9 Å². The summed E-state index contributed by atoms with van der Waals surface area (Å²) in [7, 11) is 1.88. The molecule has 0 N–H and O–H groups in total. The minimum atomic E-state index is -0.733. The molecule has 0 aliphatic carbocycles. The first-order valence-electron chi connectivity index (χ1n) is 10.1. The predicted octanol–water partition coefficient (Wildman–Crippen LogP) is 2.31. The van der Waals surface area contributed by atoms with E-state index < -0.39 is 5.66 Å². The van der Waals surface area contributed by atoms with Crippen molar-refractivity contribution in [3.05, 3.63) is 29.8 Å². The number of amides is 1. The maximum absolute atomic E-state index is 13.7. The number of Topliss-reactive ketones (excluding diaryl/α,β-unsaturated/α-hetero) is 1. The number of piperidine rings is 2. The number of benzene rings is 1. The molecule has 5 heteroatoms. The Hall–Kier alpha value is -1.72. The molecule has 1 amide bonds. The highest BCUT2D eigenvalue weighted by atomic mass is 16.2. The molecule has 5 nitrogen and oxygen atoms in total. The monoisotopic (exact) mass is 367 g/mol. The van der Waals surface area contributed by atoms with Crippen LogP contribution in [0, 0.1) is 22.7 Å². The van der Waals surface area contributed by atoms with Gasteiger partial charge < -0.3 is 4.90 Å². The highest BCUT2D eigenvalue weighted by molar-refractivity contribution is 6.08. The second kappa shape index (κ2) is 5.00. The van der Waals surface area contributed by atoms with Crippen LogP contribution in [-0.2, 0) is 15.3 Å². The summed E-state index contributed by atoms with van der Waals surface area (Å²) in [6.07, 6.45) is 0. The Labute approximate surface area is 161 Å². The number of carbonyl (C=O) groups is 2. The summed E-state index contributed by atoms with van der Waals surface area (Å²) in [6, 6.07) is 8.17. The molecule has 5 aliphatic heterocycles. The fourth-order valence-corrected chi connectivity index (χ4v) is 6.40. The minimum Gasteiger partial charge on any atom is -0.312 e. The van der Waals surface area contributed by atoms with Crippen LogP contribution >= 0.6 is 0 Å². The molecule has 4 bridgehead atoms. The van der Waals surface area contributed by atoms with E-state index in [1.165, 1.54) is 0 Å².